The molecule has 0 unspecified atom stereocenters. The van der Waals surface area contributed by atoms with Crippen molar-refractivity contribution in [3.63, 3.8) is 0 Å². The predicted octanol–water partition coefficient (Wildman–Crippen LogP) is 4.28. The number of rotatable bonds is 10. The van der Waals surface area contributed by atoms with Gasteiger partial charge in [-0.05, 0) is 57.7 Å². The standard InChI is InChI=1S/C26H39FN4O3/c1-2-34-25(32)17-28-13-8-14-30-18-31(20-11-6-7-12-20)24-16-23(22(27)15-21(24)26(30)33)29-19-9-4-3-5-10-19/h15-16,19-20,28-29H,2-14,17-18H2,1H3. The molecule has 0 radical (unpaired) electrons. The number of anilines is 2. The number of halogens is 1. The van der Waals surface area contributed by atoms with Crippen molar-refractivity contribution in [2.75, 3.05) is 43.1 Å². The number of carbonyl (C=O) groups is 2. The highest BCUT2D eigenvalue weighted by atomic mass is 19.1. The number of hydrogen-bond acceptors (Lipinski definition) is 6. The molecule has 2 fully saturated rings. The van der Waals surface area contributed by atoms with E-state index in [-0.39, 0.29) is 24.2 Å². The maximum absolute atomic E-state index is 15.1. The fourth-order valence-corrected chi connectivity index (χ4v) is 5.54. The highest BCUT2D eigenvalue weighted by Gasteiger charge is 2.35. The third kappa shape index (κ3) is 6.01. The third-order valence-corrected chi connectivity index (χ3v) is 7.32. The summed E-state index contributed by atoms with van der Waals surface area (Å²) in [5, 5.41) is 6.50. The summed E-state index contributed by atoms with van der Waals surface area (Å²) in [5.74, 6) is -0.731. The molecule has 1 amide bonds. The van der Waals surface area contributed by atoms with Gasteiger partial charge in [0.1, 0.15) is 5.82 Å². The Morgan fingerprint density at radius 2 is 1.85 bits per heavy atom. The van der Waals surface area contributed by atoms with Gasteiger partial charge in [0, 0.05) is 18.6 Å². The highest BCUT2D eigenvalue weighted by Crippen LogP contribution is 2.37. The summed E-state index contributed by atoms with van der Waals surface area (Å²) < 4.78 is 20.0. The molecule has 0 atom stereocenters. The van der Waals surface area contributed by atoms with Crippen molar-refractivity contribution in [1.29, 1.82) is 0 Å². The van der Waals surface area contributed by atoms with E-state index in [1.54, 1.807) is 6.92 Å². The lowest BCUT2D eigenvalue weighted by atomic mass is 9.95. The molecule has 8 heteroatoms. The van der Waals surface area contributed by atoms with Crippen LogP contribution in [0.4, 0.5) is 15.8 Å². The zero-order valence-corrected chi connectivity index (χ0v) is 20.4. The molecule has 4 rings (SSSR count). The van der Waals surface area contributed by atoms with Gasteiger partial charge in [0.2, 0.25) is 0 Å². The topological polar surface area (TPSA) is 73.9 Å². The Labute approximate surface area is 202 Å². The Morgan fingerprint density at radius 1 is 1.12 bits per heavy atom. The van der Waals surface area contributed by atoms with Crippen molar-refractivity contribution in [3.05, 3.63) is 23.5 Å². The molecule has 0 saturated heterocycles. The van der Waals surface area contributed by atoms with Gasteiger partial charge in [-0.25, -0.2) is 4.39 Å². The quantitative estimate of drug-likeness (QED) is 0.390. The van der Waals surface area contributed by atoms with Gasteiger partial charge in [-0.1, -0.05) is 32.1 Å². The average molecular weight is 475 g/mol. The van der Waals surface area contributed by atoms with Gasteiger partial charge in [0.05, 0.1) is 36.8 Å². The minimum atomic E-state index is -0.345. The van der Waals surface area contributed by atoms with Crippen LogP contribution in [0.15, 0.2) is 12.1 Å². The molecule has 34 heavy (non-hydrogen) atoms. The van der Waals surface area contributed by atoms with Gasteiger partial charge in [-0.2, -0.15) is 0 Å². The van der Waals surface area contributed by atoms with Crippen LogP contribution < -0.4 is 15.5 Å². The molecule has 188 valence electrons. The lowest BCUT2D eigenvalue weighted by molar-refractivity contribution is -0.142. The zero-order chi connectivity index (χ0) is 23.9. The molecule has 7 nitrogen and oxygen atoms in total. The number of nitrogens with zero attached hydrogens (tertiary/aromatic N) is 2. The van der Waals surface area contributed by atoms with Crippen LogP contribution in [0, 0.1) is 5.82 Å². The molecule has 1 aromatic rings. The molecule has 1 heterocycles. The Kier molecular flexibility index (Phi) is 8.64. The Morgan fingerprint density at radius 3 is 2.59 bits per heavy atom. The average Bonchev–Trinajstić information content (AvgIpc) is 3.37. The first-order valence-electron chi connectivity index (χ1n) is 13.1. The molecular weight excluding hydrogens is 435 g/mol. The normalized spacial score (nSPS) is 19.4. The molecule has 1 aliphatic heterocycles. The first-order valence-corrected chi connectivity index (χ1v) is 13.1. The van der Waals surface area contributed by atoms with Crippen LogP contribution in [0.3, 0.4) is 0 Å². The first kappa shape index (κ1) is 24.8. The lowest BCUT2D eigenvalue weighted by Crippen LogP contribution is -2.50. The highest BCUT2D eigenvalue weighted by molar-refractivity contribution is 6.02. The summed E-state index contributed by atoms with van der Waals surface area (Å²) in [5.41, 5.74) is 1.86. The minimum Gasteiger partial charge on any atom is -0.465 e. The molecule has 0 aromatic heterocycles. The molecule has 2 aliphatic carbocycles. The number of nitrogens with one attached hydrogen (secondary N) is 2. The summed E-state index contributed by atoms with van der Waals surface area (Å²) in [7, 11) is 0. The van der Waals surface area contributed by atoms with E-state index in [9.17, 15) is 9.59 Å². The van der Waals surface area contributed by atoms with Gasteiger partial charge >= 0.3 is 5.97 Å². The number of benzene rings is 1. The molecular formula is C26H39FN4O3. The molecule has 2 saturated carbocycles. The van der Waals surface area contributed by atoms with E-state index < -0.39 is 0 Å². The van der Waals surface area contributed by atoms with Gasteiger partial charge in [0.25, 0.3) is 5.91 Å². The summed E-state index contributed by atoms with van der Waals surface area (Å²) >= 11 is 0. The third-order valence-electron chi connectivity index (χ3n) is 7.32. The fraction of sp³-hybridized carbons (Fsp3) is 0.692. The van der Waals surface area contributed by atoms with Crippen molar-refractivity contribution in [2.45, 2.75) is 83.2 Å². The Balaban J connectivity index is 1.45. The smallest absolute Gasteiger partial charge is 0.319 e. The first-order chi connectivity index (χ1) is 16.6. The van der Waals surface area contributed by atoms with Gasteiger partial charge in [-0.15, -0.1) is 0 Å². The lowest BCUT2D eigenvalue weighted by Gasteiger charge is -2.42. The van der Waals surface area contributed by atoms with E-state index in [0.717, 1.165) is 31.4 Å². The molecule has 2 N–H and O–H groups in total. The predicted molar refractivity (Wildman–Crippen MR) is 132 cm³/mol. The van der Waals surface area contributed by atoms with Gasteiger partial charge < -0.3 is 25.2 Å². The molecule has 3 aliphatic rings. The number of ether oxygens (including phenoxy) is 1. The van der Waals surface area contributed by atoms with Crippen LogP contribution in [-0.4, -0.2) is 61.8 Å². The molecule has 0 bridgehead atoms. The minimum absolute atomic E-state index is 0.113. The van der Waals surface area contributed by atoms with Crippen LogP contribution in [-0.2, 0) is 9.53 Å². The number of carbonyl (C=O) groups excluding carboxylic acids is 2. The van der Waals surface area contributed by atoms with Crippen LogP contribution >= 0.6 is 0 Å². The summed E-state index contributed by atoms with van der Waals surface area (Å²) in [6, 6.07) is 4.01. The van der Waals surface area contributed by atoms with E-state index in [4.69, 9.17) is 4.74 Å². The maximum Gasteiger partial charge on any atom is 0.319 e. The van der Waals surface area contributed by atoms with Crippen molar-refractivity contribution in [3.8, 4) is 0 Å². The largest absolute Gasteiger partial charge is 0.465 e. The number of hydrogen-bond donors (Lipinski definition) is 2. The van der Waals surface area contributed by atoms with Crippen molar-refractivity contribution >= 4 is 23.3 Å². The number of amides is 1. The van der Waals surface area contributed by atoms with Gasteiger partial charge in [-0.3, -0.25) is 9.59 Å². The second-order valence-corrected chi connectivity index (χ2v) is 9.78. The Hall–Kier alpha value is -2.35. The summed E-state index contributed by atoms with van der Waals surface area (Å²) in [6.45, 7) is 4.02. The SMILES string of the molecule is CCOC(=O)CNCCCN1CN(C2CCCC2)c2cc(NC3CCCCC3)c(F)cc2C1=O. The van der Waals surface area contributed by atoms with E-state index in [1.807, 2.05) is 11.0 Å². The molecule has 1 aromatic carbocycles. The number of esters is 1. The maximum atomic E-state index is 15.1. The zero-order valence-electron chi connectivity index (χ0n) is 20.4. The van der Waals surface area contributed by atoms with E-state index in [0.29, 0.717) is 56.1 Å². The van der Waals surface area contributed by atoms with E-state index in [1.165, 1.54) is 38.2 Å². The fourth-order valence-electron chi connectivity index (χ4n) is 5.54. The van der Waals surface area contributed by atoms with Crippen molar-refractivity contribution in [2.24, 2.45) is 0 Å². The van der Waals surface area contributed by atoms with E-state index in [2.05, 4.69) is 15.5 Å². The van der Waals surface area contributed by atoms with Crippen molar-refractivity contribution in [1.82, 2.24) is 10.2 Å². The number of fused-ring (bicyclic) bond motifs is 1. The van der Waals surface area contributed by atoms with E-state index >= 15 is 4.39 Å². The second-order valence-electron chi connectivity index (χ2n) is 9.78. The molecule has 0 spiro atoms. The van der Waals surface area contributed by atoms with Crippen LogP contribution in [0.5, 0.6) is 0 Å². The Bertz CT molecular complexity index is 853. The second kappa shape index (κ2) is 11.9. The summed E-state index contributed by atoms with van der Waals surface area (Å²) in [4.78, 5) is 28.9. The summed E-state index contributed by atoms with van der Waals surface area (Å²) in [6.07, 6.45) is 11.1. The van der Waals surface area contributed by atoms with Crippen LogP contribution in [0.25, 0.3) is 0 Å². The van der Waals surface area contributed by atoms with Gasteiger partial charge in [0.15, 0.2) is 0 Å². The van der Waals surface area contributed by atoms with Crippen LogP contribution in [0.2, 0.25) is 0 Å². The van der Waals surface area contributed by atoms with Crippen LogP contribution in [0.1, 0.15) is 81.5 Å². The monoisotopic (exact) mass is 474 g/mol. The van der Waals surface area contributed by atoms with Crippen molar-refractivity contribution < 1.29 is 18.7 Å².